The van der Waals surface area contributed by atoms with Crippen LogP contribution < -0.4 is 16.4 Å². The van der Waals surface area contributed by atoms with Crippen LogP contribution in [-0.4, -0.2) is 42.4 Å². The number of hydrogen-bond donors (Lipinski definition) is 3. The van der Waals surface area contributed by atoms with Crippen molar-refractivity contribution in [3.05, 3.63) is 24.3 Å². The van der Waals surface area contributed by atoms with E-state index in [4.69, 9.17) is 5.73 Å². The van der Waals surface area contributed by atoms with Crippen LogP contribution in [0, 0.1) is 0 Å². The molecule has 1 aromatic carbocycles. The quantitative estimate of drug-likeness (QED) is 0.656. The maximum atomic E-state index is 12.2. The first-order valence-corrected chi connectivity index (χ1v) is 7.15. The highest BCUT2D eigenvalue weighted by molar-refractivity contribution is 5.95. The number of nitrogens with zero attached hydrogens (tertiary/aromatic N) is 1. The number of carbonyl (C=O) groups excluding carboxylic acids is 2. The number of rotatable bonds is 7. The Hall–Kier alpha value is -2.08. The fourth-order valence-electron chi connectivity index (χ4n) is 1.94. The second kappa shape index (κ2) is 8.26. The van der Waals surface area contributed by atoms with Gasteiger partial charge in [0.1, 0.15) is 0 Å². The molecule has 0 spiro atoms. The minimum atomic E-state index is -0.393. The predicted octanol–water partition coefficient (Wildman–Crippen LogP) is 1.05. The monoisotopic (exact) mass is 292 g/mol. The first-order valence-electron chi connectivity index (χ1n) is 7.15. The number of amides is 2. The molecular formula is C15H24N4O2. The molecule has 0 radical (unpaired) electrons. The summed E-state index contributed by atoms with van der Waals surface area (Å²) in [4.78, 5) is 25.7. The highest BCUT2D eigenvalue weighted by atomic mass is 16.2. The summed E-state index contributed by atoms with van der Waals surface area (Å²) in [6, 6.07) is 6.56. The predicted molar refractivity (Wildman–Crippen MR) is 84.9 cm³/mol. The van der Waals surface area contributed by atoms with Crippen molar-refractivity contribution in [2.45, 2.75) is 26.8 Å². The number of hydrogen-bond acceptors (Lipinski definition) is 4. The Morgan fingerprint density at radius 3 is 2.38 bits per heavy atom. The van der Waals surface area contributed by atoms with Crippen LogP contribution in [0.25, 0.3) is 0 Å². The average molecular weight is 292 g/mol. The molecule has 0 aliphatic rings. The summed E-state index contributed by atoms with van der Waals surface area (Å²) in [7, 11) is 0. The first-order chi connectivity index (χ1) is 9.97. The summed E-state index contributed by atoms with van der Waals surface area (Å²) in [6.45, 7) is 6.99. The SMILES string of the molecule is CCNC(=O)CN(CC)C(C)C(=O)Nc1ccc(N)cc1. The van der Waals surface area contributed by atoms with Crippen LogP contribution in [0.1, 0.15) is 20.8 Å². The number of nitrogen functional groups attached to an aromatic ring is 1. The Balaban J connectivity index is 2.62. The van der Waals surface area contributed by atoms with Crippen molar-refractivity contribution >= 4 is 23.2 Å². The third-order valence-electron chi connectivity index (χ3n) is 3.23. The average Bonchev–Trinajstić information content (AvgIpc) is 2.46. The normalized spacial score (nSPS) is 12.0. The molecule has 116 valence electrons. The van der Waals surface area contributed by atoms with Gasteiger partial charge in [0.15, 0.2) is 0 Å². The van der Waals surface area contributed by atoms with Gasteiger partial charge in [-0.15, -0.1) is 0 Å². The Labute approximate surface area is 125 Å². The van der Waals surface area contributed by atoms with Crippen molar-refractivity contribution in [1.29, 1.82) is 0 Å². The van der Waals surface area contributed by atoms with Gasteiger partial charge in [0.25, 0.3) is 0 Å². The molecule has 1 rings (SSSR count). The van der Waals surface area contributed by atoms with Gasteiger partial charge in [-0.2, -0.15) is 0 Å². The number of nitrogens with two attached hydrogens (primary N) is 1. The lowest BCUT2D eigenvalue weighted by Gasteiger charge is -2.26. The number of nitrogens with one attached hydrogen (secondary N) is 2. The topological polar surface area (TPSA) is 87.5 Å². The maximum Gasteiger partial charge on any atom is 0.241 e. The van der Waals surface area contributed by atoms with Crippen molar-refractivity contribution in [2.24, 2.45) is 0 Å². The highest BCUT2D eigenvalue weighted by Gasteiger charge is 2.21. The number of anilines is 2. The molecule has 1 aromatic rings. The standard InChI is InChI=1S/C15H24N4O2/c1-4-17-14(20)10-19(5-2)11(3)15(21)18-13-8-6-12(16)7-9-13/h6-9,11H,4-5,10,16H2,1-3H3,(H,17,20)(H,18,21). The largest absolute Gasteiger partial charge is 0.399 e. The Bertz CT molecular complexity index is 473. The van der Waals surface area contributed by atoms with Crippen LogP contribution >= 0.6 is 0 Å². The van der Waals surface area contributed by atoms with Crippen LogP contribution in [0.4, 0.5) is 11.4 Å². The fourth-order valence-corrected chi connectivity index (χ4v) is 1.94. The van der Waals surface area contributed by atoms with E-state index in [0.29, 0.717) is 24.5 Å². The first kappa shape index (κ1) is 17.0. The Morgan fingerprint density at radius 2 is 1.86 bits per heavy atom. The molecule has 0 saturated carbocycles. The molecule has 0 aliphatic heterocycles. The van der Waals surface area contributed by atoms with Crippen molar-refractivity contribution in [3.63, 3.8) is 0 Å². The van der Waals surface area contributed by atoms with Crippen molar-refractivity contribution in [1.82, 2.24) is 10.2 Å². The van der Waals surface area contributed by atoms with Crippen LogP contribution in [0.2, 0.25) is 0 Å². The minimum absolute atomic E-state index is 0.0773. The highest BCUT2D eigenvalue weighted by Crippen LogP contribution is 2.11. The Kier molecular flexibility index (Phi) is 6.68. The molecule has 0 saturated heterocycles. The van der Waals surface area contributed by atoms with E-state index in [1.807, 2.05) is 18.7 Å². The summed E-state index contributed by atoms with van der Waals surface area (Å²) < 4.78 is 0. The minimum Gasteiger partial charge on any atom is -0.399 e. The smallest absolute Gasteiger partial charge is 0.241 e. The third-order valence-corrected chi connectivity index (χ3v) is 3.23. The molecule has 6 heteroatoms. The van der Waals surface area contributed by atoms with Gasteiger partial charge in [0, 0.05) is 17.9 Å². The van der Waals surface area contributed by atoms with Crippen molar-refractivity contribution < 1.29 is 9.59 Å². The Morgan fingerprint density at radius 1 is 1.24 bits per heavy atom. The lowest BCUT2D eigenvalue weighted by Crippen LogP contribution is -2.46. The summed E-state index contributed by atoms with van der Waals surface area (Å²) in [5.74, 6) is -0.225. The lowest BCUT2D eigenvalue weighted by atomic mass is 10.2. The molecule has 0 aliphatic carbocycles. The van der Waals surface area contributed by atoms with E-state index in [1.165, 1.54) is 0 Å². The molecule has 4 N–H and O–H groups in total. The van der Waals surface area contributed by atoms with E-state index in [0.717, 1.165) is 0 Å². The van der Waals surface area contributed by atoms with Gasteiger partial charge in [-0.1, -0.05) is 6.92 Å². The van der Waals surface area contributed by atoms with Crippen molar-refractivity contribution in [2.75, 3.05) is 30.7 Å². The summed E-state index contributed by atoms with van der Waals surface area (Å²) in [6.07, 6.45) is 0. The zero-order valence-electron chi connectivity index (χ0n) is 12.8. The fraction of sp³-hybridized carbons (Fsp3) is 0.467. The summed E-state index contributed by atoms with van der Waals surface area (Å²) in [5.41, 5.74) is 6.94. The van der Waals surface area contributed by atoms with E-state index in [2.05, 4.69) is 10.6 Å². The summed E-state index contributed by atoms with van der Waals surface area (Å²) >= 11 is 0. The van der Waals surface area contributed by atoms with E-state index >= 15 is 0 Å². The van der Waals surface area contributed by atoms with Gasteiger partial charge < -0.3 is 16.4 Å². The molecule has 6 nitrogen and oxygen atoms in total. The van der Waals surface area contributed by atoms with Gasteiger partial charge in [-0.05, 0) is 44.7 Å². The third kappa shape index (κ3) is 5.43. The molecule has 1 atom stereocenters. The maximum absolute atomic E-state index is 12.2. The molecule has 0 bridgehead atoms. The molecule has 0 heterocycles. The molecule has 21 heavy (non-hydrogen) atoms. The van der Waals surface area contributed by atoms with E-state index in [9.17, 15) is 9.59 Å². The van der Waals surface area contributed by atoms with Crippen LogP contribution in [0.5, 0.6) is 0 Å². The van der Waals surface area contributed by atoms with Gasteiger partial charge >= 0.3 is 0 Å². The number of likely N-dealkylation sites (N-methyl/N-ethyl adjacent to an activating group) is 2. The molecular weight excluding hydrogens is 268 g/mol. The van der Waals surface area contributed by atoms with Gasteiger partial charge in [0.2, 0.25) is 11.8 Å². The van der Waals surface area contributed by atoms with Crippen LogP contribution in [0.15, 0.2) is 24.3 Å². The van der Waals surface area contributed by atoms with E-state index in [-0.39, 0.29) is 18.4 Å². The second-order valence-electron chi connectivity index (χ2n) is 4.80. The zero-order valence-corrected chi connectivity index (χ0v) is 12.8. The lowest BCUT2D eigenvalue weighted by molar-refractivity contribution is -0.125. The number of benzene rings is 1. The van der Waals surface area contributed by atoms with Gasteiger partial charge in [0.05, 0.1) is 12.6 Å². The summed E-state index contributed by atoms with van der Waals surface area (Å²) in [5, 5.41) is 5.55. The zero-order chi connectivity index (χ0) is 15.8. The molecule has 0 fully saturated rings. The van der Waals surface area contributed by atoms with Crippen LogP contribution in [0.3, 0.4) is 0 Å². The molecule has 2 amide bonds. The van der Waals surface area contributed by atoms with Crippen molar-refractivity contribution in [3.8, 4) is 0 Å². The van der Waals surface area contributed by atoms with Crippen LogP contribution in [-0.2, 0) is 9.59 Å². The van der Waals surface area contributed by atoms with Gasteiger partial charge in [-0.25, -0.2) is 0 Å². The van der Waals surface area contributed by atoms with Gasteiger partial charge in [-0.3, -0.25) is 14.5 Å². The molecule has 1 unspecified atom stereocenters. The second-order valence-corrected chi connectivity index (χ2v) is 4.80. The number of carbonyl (C=O) groups is 2. The van der Waals surface area contributed by atoms with E-state index in [1.54, 1.807) is 31.2 Å². The van der Waals surface area contributed by atoms with E-state index < -0.39 is 6.04 Å². The molecule has 0 aromatic heterocycles.